The van der Waals surface area contributed by atoms with E-state index in [0.29, 0.717) is 11.8 Å². The van der Waals surface area contributed by atoms with E-state index < -0.39 is 0 Å². The summed E-state index contributed by atoms with van der Waals surface area (Å²) in [6.45, 7) is 2.13. The highest BCUT2D eigenvalue weighted by molar-refractivity contribution is 6.29. The molecule has 0 atom stereocenters. The fraction of sp³-hybridized carbons (Fsp3) is 0.333. The lowest BCUT2D eigenvalue weighted by atomic mass is 10.4. The third kappa shape index (κ3) is 2.88. The van der Waals surface area contributed by atoms with Crippen molar-refractivity contribution in [1.82, 2.24) is 9.78 Å². The number of aryl methyl sites for hydroxylation is 1. The number of nitrogens with zero attached hydrogens (tertiary/aromatic N) is 2. The Morgan fingerprint density at radius 1 is 1.79 bits per heavy atom. The maximum absolute atomic E-state index is 11.0. The van der Waals surface area contributed by atoms with E-state index in [1.807, 2.05) is 0 Å². The molecule has 0 amide bonds. The van der Waals surface area contributed by atoms with E-state index in [1.165, 1.54) is 6.08 Å². The number of hydrogen-bond donors (Lipinski definition) is 0. The molecule has 1 aromatic heterocycles. The second kappa shape index (κ2) is 4.81. The number of halogens is 1. The lowest BCUT2D eigenvalue weighted by molar-refractivity contribution is -0.137. The lowest BCUT2D eigenvalue weighted by Crippen LogP contribution is -1.99. The van der Waals surface area contributed by atoms with Crippen molar-refractivity contribution in [2.45, 2.75) is 6.92 Å². The number of aromatic nitrogens is 2. The van der Waals surface area contributed by atoms with Crippen LogP contribution < -0.4 is 0 Å². The molecule has 0 aliphatic heterocycles. The highest BCUT2D eigenvalue weighted by Crippen LogP contribution is 2.09. The van der Waals surface area contributed by atoms with Crippen LogP contribution in [0.1, 0.15) is 12.6 Å². The van der Waals surface area contributed by atoms with Crippen LogP contribution in [0.4, 0.5) is 0 Å². The molecular weight excluding hydrogens is 204 g/mol. The van der Waals surface area contributed by atoms with Crippen molar-refractivity contribution >= 4 is 23.6 Å². The summed E-state index contributed by atoms with van der Waals surface area (Å²) in [4.78, 5) is 11.0. The molecule has 0 saturated carbocycles. The molecule has 0 fully saturated rings. The first-order valence-electron chi connectivity index (χ1n) is 4.18. The molecule has 1 heterocycles. The Morgan fingerprint density at radius 2 is 2.50 bits per heavy atom. The summed E-state index contributed by atoms with van der Waals surface area (Å²) in [6, 6.07) is 1.66. The minimum absolute atomic E-state index is 0.370. The number of carbonyl (C=O) groups is 1. The van der Waals surface area contributed by atoms with Crippen LogP contribution in [0.25, 0.3) is 6.08 Å². The molecule has 1 rings (SSSR count). The molecular formula is C9H11ClN2O2. The van der Waals surface area contributed by atoms with Gasteiger partial charge in [-0.2, -0.15) is 5.10 Å². The van der Waals surface area contributed by atoms with Crippen LogP contribution in [-0.4, -0.2) is 22.4 Å². The van der Waals surface area contributed by atoms with Crippen molar-refractivity contribution in [3.8, 4) is 0 Å². The third-order valence-corrected chi connectivity index (χ3v) is 1.75. The summed E-state index contributed by atoms with van der Waals surface area (Å²) in [7, 11) is 1.75. The van der Waals surface area contributed by atoms with E-state index in [4.69, 9.17) is 16.3 Å². The highest BCUT2D eigenvalue weighted by Gasteiger charge is 2.00. The van der Waals surface area contributed by atoms with Gasteiger partial charge in [-0.25, -0.2) is 4.79 Å². The molecule has 0 saturated heterocycles. The SMILES string of the molecule is CCOC(=O)/C=C/c1cc(Cl)nn1C. The smallest absolute Gasteiger partial charge is 0.330 e. The maximum atomic E-state index is 11.0. The molecule has 1 aromatic rings. The first-order valence-corrected chi connectivity index (χ1v) is 4.55. The van der Waals surface area contributed by atoms with Crippen molar-refractivity contribution < 1.29 is 9.53 Å². The molecule has 4 nitrogen and oxygen atoms in total. The normalized spacial score (nSPS) is 10.8. The van der Waals surface area contributed by atoms with Gasteiger partial charge >= 0.3 is 5.97 Å². The summed E-state index contributed by atoms with van der Waals surface area (Å²) >= 11 is 5.66. The van der Waals surface area contributed by atoms with Gasteiger partial charge in [0, 0.05) is 19.2 Å². The minimum atomic E-state index is -0.371. The molecule has 0 aliphatic carbocycles. The van der Waals surface area contributed by atoms with E-state index in [0.717, 1.165) is 5.69 Å². The molecule has 0 aromatic carbocycles. The van der Waals surface area contributed by atoms with Crippen molar-refractivity contribution in [2.75, 3.05) is 6.61 Å². The first kappa shape index (κ1) is 10.8. The van der Waals surface area contributed by atoms with Crippen LogP contribution in [0.15, 0.2) is 12.1 Å². The van der Waals surface area contributed by atoms with Gasteiger partial charge in [0.2, 0.25) is 0 Å². The minimum Gasteiger partial charge on any atom is -0.463 e. The Bertz CT molecular complexity index is 358. The summed E-state index contributed by atoms with van der Waals surface area (Å²) in [5.74, 6) is -0.371. The number of carbonyl (C=O) groups excluding carboxylic acids is 1. The number of esters is 1. The Balaban J connectivity index is 2.68. The quantitative estimate of drug-likeness (QED) is 0.568. The molecule has 0 aliphatic rings. The van der Waals surface area contributed by atoms with Crippen molar-refractivity contribution in [3.63, 3.8) is 0 Å². The van der Waals surface area contributed by atoms with Crippen LogP contribution in [-0.2, 0) is 16.6 Å². The average molecular weight is 215 g/mol. The van der Waals surface area contributed by atoms with Gasteiger partial charge in [-0.05, 0) is 13.0 Å². The van der Waals surface area contributed by atoms with Gasteiger partial charge in [-0.15, -0.1) is 0 Å². The zero-order valence-corrected chi connectivity index (χ0v) is 8.78. The summed E-state index contributed by atoms with van der Waals surface area (Å²) < 4.78 is 6.30. The van der Waals surface area contributed by atoms with Crippen LogP contribution in [0.3, 0.4) is 0 Å². The summed E-state index contributed by atoms with van der Waals surface area (Å²) in [5.41, 5.74) is 0.753. The van der Waals surface area contributed by atoms with Crippen molar-refractivity contribution in [2.24, 2.45) is 7.05 Å². The van der Waals surface area contributed by atoms with Gasteiger partial charge < -0.3 is 4.74 Å². The standard InChI is InChI=1S/C9H11ClN2O2/c1-3-14-9(13)5-4-7-6-8(10)11-12(7)2/h4-6H,3H2,1-2H3/b5-4+. The first-order chi connectivity index (χ1) is 6.63. The lowest BCUT2D eigenvalue weighted by Gasteiger charge is -1.95. The fourth-order valence-corrected chi connectivity index (χ4v) is 1.17. The number of rotatable bonds is 3. The third-order valence-electron chi connectivity index (χ3n) is 1.56. The molecule has 0 N–H and O–H groups in total. The largest absolute Gasteiger partial charge is 0.463 e. The Kier molecular flexibility index (Phi) is 3.71. The van der Waals surface area contributed by atoms with Gasteiger partial charge in [-0.3, -0.25) is 4.68 Å². The van der Waals surface area contributed by atoms with Gasteiger partial charge in [0.1, 0.15) is 0 Å². The van der Waals surface area contributed by atoms with E-state index in [1.54, 1.807) is 30.8 Å². The monoisotopic (exact) mass is 214 g/mol. The van der Waals surface area contributed by atoms with Gasteiger partial charge in [-0.1, -0.05) is 11.6 Å². The van der Waals surface area contributed by atoms with Crippen LogP contribution in [0.5, 0.6) is 0 Å². The molecule has 0 spiro atoms. The van der Waals surface area contributed by atoms with Crippen molar-refractivity contribution in [1.29, 1.82) is 0 Å². The zero-order valence-electron chi connectivity index (χ0n) is 8.03. The Morgan fingerprint density at radius 3 is 3.00 bits per heavy atom. The van der Waals surface area contributed by atoms with Gasteiger partial charge in [0.25, 0.3) is 0 Å². The topological polar surface area (TPSA) is 44.1 Å². The van der Waals surface area contributed by atoms with E-state index >= 15 is 0 Å². The second-order valence-electron chi connectivity index (χ2n) is 2.60. The maximum Gasteiger partial charge on any atom is 0.330 e. The van der Waals surface area contributed by atoms with Gasteiger partial charge in [0.05, 0.1) is 12.3 Å². The average Bonchev–Trinajstić information content (AvgIpc) is 2.42. The molecule has 76 valence electrons. The summed E-state index contributed by atoms with van der Waals surface area (Å²) in [6.07, 6.45) is 2.95. The summed E-state index contributed by atoms with van der Waals surface area (Å²) in [5, 5.41) is 4.31. The molecule has 0 radical (unpaired) electrons. The van der Waals surface area contributed by atoms with Crippen molar-refractivity contribution in [3.05, 3.63) is 23.0 Å². The van der Waals surface area contributed by atoms with E-state index in [-0.39, 0.29) is 5.97 Å². The van der Waals surface area contributed by atoms with E-state index in [2.05, 4.69) is 5.10 Å². The van der Waals surface area contributed by atoms with Crippen LogP contribution >= 0.6 is 11.6 Å². The number of ether oxygens (including phenoxy) is 1. The van der Waals surface area contributed by atoms with Crippen LogP contribution in [0.2, 0.25) is 5.15 Å². The van der Waals surface area contributed by atoms with Crippen LogP contribution in [0, 0.1) is 0 Å². The highest BCUT2D eigenvalue weighted by atomic mass is 35.5. The number of hydrogen-bond acceptors (Lipinski definition) is 3. The Labute approximate surface area is 87.1 Å². The fourth-order valence-electron chi connectivity index (χ4n) is 0.945. The Hall–Kier alpha value is -1.29. The zero-order chi connectivity index (χ0) is 10.6. The predicted octanol–water partition coefficient (Wildman–Crippen LogP) is 1.65. The molecule has 5 heteroatoms. The predicted molar refractivity (Wildman–Crippen MR) is 53.9 cm³/mol. The van der Waals surface area contributed by atoms with E-state index in [9.17, 15) is 4.79 Å². The molecule has 0 unspecified atom stereocenters. The second-order valence-corrected chi connectivity index (χ2v) is 2.99. The molecule has 14 heavy (non-hydrogen) atoms. The molecule has 0 bridgehead atoms. The van der Waals surface area contributed by atoms with Gasteiger partial charge in [0.15, 0.2) is 5.15 Å².